The molecule has 1 unspecified atom stereocenters. The van der Waals surface area contributed by atoms with E-state index in [0.29, 0.717) is 5.76 Å². The van der Waals surface area contributed by atoms with Crippen LogP contribution in [-0.2, 0) is 32.0 Å². The van der Waals surface area contributed by atoms with Crippen molar-refractivity contribution in [2.24, 2.45) is 0 Å². The zero-order valence-electron chi connectivity index (χ0n) is 17.3. The van der Waals surface area contributed by atoms with Gasteiger partial charge in [0.2, 0.25) is 15.0 Å². The van der Waals surface area contributed by atoms with Crippen LogP contribution in [0.2, 0.25) is 0 Å². The molecule has 174 valence electrons. The predicted molar refractivity (Wildman–Crippen MR) is 115 cm³/mol. The van der Waals surface area contributed by atoms with Crippen molar-refractivity contribution < 1.29 is 30.4 Å². The van der Waals surface area contributed by atoms with Crippen LogP contribution in [0.4, 0.5) is 4.39 Å². The number of carbonyl (C=O) groups is 1. The van der Waals surface area contributed by atoms with Gasteiger partial charge in [-0.25, -0.2) is 31.2 Å². The highest BCUT2D eigenvalue weighted by molar-refractivity contribution is 7.91. The molecular formula is C21H20FN3O6S2. The molecule has 0 N–H and O–H groups in total. The average Bonchev–Trinajstić information content (AvgIpc) is 3.42. The van der Waals surface area contributed by atoms with Crippen LogP contribution in [0.15, 0.2) is 64.5 Å². The van der Waals surface area contributed by atoms with Gasteiger partial charge in [0.05, 0.1) is 30.1 Å². The van der Waals surface area contributed by atoms with Gasteiger partial charge in [-0.15, -0.1) is 0 Å². The number of rotatable bonds is 7. The summed E-state index contributed by atoms with van der Waals surface area (Å²) in [6.45, 7) is -0.00661. The number of amides is 1. The maximum atomic E-state index is 13.9. The molecule has 0 aliphatic carbocycles. The molecule has 1 atom stereocenters. The van der Waals surface area contributed by atoms with E-state index < -0.39 is 48.4 Å². The molecule has 1 saturated heterocycles. The van der Waals surface area contributed by atoms with Gasteiger partial charge in [0.15, 0.2) is 9.84 Å². The van der Waals surface area contributed by atoms with Crippen LogP contribution in [0.3, 0.4) is 0 Å². The maximum absolute atomic E-state index is 13.9. The number of halogens is 1. The molecule has 1 aliphatic heterocycles. The van der Waals surface area contributed by atoms with Crippen molar-refractivity contribution in [1.29, 1.82) is 0 Å². The van der Waals surface area contributed by atoms with Crippen LogP contribution in [0.25, 0.3) is 0 Å². The van der Waals surface area contributed by atoms with Crippen molar-refractivity contribution in [2.75, 3.05) is 11.5 Å². The van der Waals surface area contributed by atoms with E-state index in [2.05, 4.69) is 9.97 Å². The summed E-state index contributed by atoms with van der Waals surface area (Å²) in [7, 11) is -7.45. The number of hydrogen-bond acceptors (Lipinski definition) is 8. The third-order valence-corrected chi connectivity index (χ3v) is 8.44. The average molecular weight is 494 g/mol. The minimum atomic E-state index is -4.15. The summed E-state index contributed by atoms with van der Waals surface area (Å²) in [5, 5.41) is -0.617. The van der Waals surface area contributed by atoms with Crippen LogP contribution in [-0.4, -0.2) is 55.2 Å². The molecular weight excluding hydrogens is 473 g/mol. The quantitative estimate of drug-likeness (QED) is 0.457. The normalized spacial score (nSPS) is 17.7. The number of sulfone groups is 2. The molecule has 3 aromatic rings. The molecule has 4 rings (SSSR count). The lowest BCUT2D eigenvalue weighted by Gasteiger charge is -2.27. The second-order valence-corrected chi connectivity index (χ2v) is 11.8. The summed E-state index contributed by atoms with van der Waals surface area (Å²) in [6.07, 6.45) is 2.81. The molecule has 0 spiro atoms. The molecule has 12 heteroatoms. The first-order valence-electron chi connectivity index (χ1n) is 9.98. The number of aromatic nitrogens is 2. The van der Waals surface area contributed by atoms with E-state index in [4.69, 9.17) is 4.42 Å². The second-order valence-electron chi connectivity index (χ2n) is 7.64. The van der Waals surface area contributed by atoms with E-state index in [1.807, 2.05) is 0 Å². The molecule has 1 fully saturated rings. The van der Waals surface area contributed by atoms with Crippen molar-refractivity contribution in [2.45, 2.75) is 29.9 Å². The predicted octanol–water partition coefficient (Wildman–Crippen LogP) is 2.01. The van der Waals surface area contributed by atoms with Gasteiger partial charge in [0.25, 0.3) is 5.91 Å². The van der Waals surface area contributed by atoms with Crippen molar-refractivity contribution in [3.8, 4) is 0 Å². The molecule has 1 aromatic carbocycles. The van der Waals surface area contributed by atoms with E-state index in [-0.39, 0.29) is 35.7 Å². The van der Waals surface area contributed by atoms with Crippen LogP contribution in [0.5, 0.6) is 0 Å². The summed E-state index contributed by atoms with van der Waals surface area (Å²) in [4.78, 5) is 22.3. The largest absolute Gasteiger partial charge is 0.467 e. The number of benzene rings is 1. The summed E-state index contributed by atoms with van der Waals surface area (Å²) in [6, 6.07) is 9.37. The zero-order valence-corrected chi connectivity index (χ0v) is 18.9. The molecule has 1 amide bonds. The Morgan fingerprint density at radius 2 is 1.97 bits per heavy atom. The Bertz CT molecular complexity index is 1370. The monoisotopic (exact) mass is 493 g/mol. The number of nitrogens with zero attached hydrogens (tertiary/aromatic N) is 3. The molecule has 1 aliphatic rings. The van der Waals surface area contributed by atoms with Gasteiger partial charge in [-0.05, 0) is 30.7 Å². The van der Waals surface area contributed by atoms with Crippen molar-refractivity contribution in [3.05, 3.63) is 77.8 Å². The van der Waals surface area contributed by atoms with E-state index in [1.165, 1.54) is 35.4 Å². The van der Waals surface area contributed by atoms with Crippen LogP contribution in [0, 0.1) is 5.82 Å². The van der Waals surface area contributed by atoms with E-state index >= 15 is 0 Å². The Morgan fingerprint density at radius 3 is 2.64 bits per heavy atom. The number of hydrogen-bond donors (Lipinski definition) is 0. The first-order valence-corrected chi connectivity index (χ1v) is 13.4. The minimum Gasteiger partial charge on any atom is -0.467 e. The lowest BCUT2D eigenvalue weighted by molar-refractivity contribution is 0.0659. The fourth-order valence-corrected chi connectivity index (χ4v) is 6.56. The zero-order chi connectivity index (χ0) is 23.6. The Kier molecular flexibility index (Phi) is 6.30. The standard InChI is InChI=1S/C21H20FN3O6S2/c22-18-6-2-1-4-15(18)13-33(29,30)21-23-9-7-19(24-21)20(26)25(12-17-5-3-10-31-17)16-8-11-32(27,28)14-16/h1-7,9-10,16H,8,11-14H2. The van der Waals surface area contributed by atoms with Crippen molar-refractivity contribution >= 4 is 25.6 Å². The fraction of sp³-hybridized carbons (Fsp3) is 0.286. The van der Waals surface area contributed by atoms with Gasteiger partial charge >= 0.3 is 0 Å². The van der Waals surface area contributed by atoms with Crippen LogP contribution < -0.4 is 0 Å². The Morgan fingerprint density at radius 1 is 1.18 bits per heavy atom. The van der Waals surface area contributed by atoms with Gasteiger partial charge in [0, 0.05) is 17.8 Å². The molecule has 9 nitrogen and oxygen atoms in total. The summed E-state index contributed by atoms with van der Waals surface area (Å²) in [5.74, 6) is -1.82. The van der Waals surface area contributed by atoms with Crippen molar-refractivity contribution in [3.63, 3.8) is 0 Å². The van der Waals surface area contributed by atoms with Crippen LogP contribution in [0.1, 0.15) is 28.2 Å². The Balaban J connectivity index is 1.63. The lowest BCUT2D eigenvalue weighted by atomic mass is 10.2. The maximum Gasteiger partial charge on any atom is 0.273 e. The van der Waals surface area contributed by atoms with Gasteiger partial charge in [-0.2, -0.15) is 0 Å². The van der Waals surface area contributed by atoms with E-state index in [0.717, 1.165) is 12.3 Å². The Labute approximate surface area is 190 Å². The lowest BCUT2D eigenvalue weighted by Crippen LogP contribution is -2.41. The van der Waals surface area contributed by atoms with Gasteiger partial charge in [-0.3, -0.25) is 4.79 Å². The molecule has 0 radical (unpaired) electrons. The van der Waals surface area contributed by atoms with E-state index in [9.17, 15) is 26.0 Å². The first kappa shape index (κ1) is 23.1. The third-order valence-electron chi connectivity index (χ3n) is 5.25. The summed E-state index contributed by atoms with van der Waals surface area (Å²) >= 11 is 0. The van der Waals surface area contributed by atoms with Gasteiger partial charge in [0.1, 0.15) is 17.3 Å². The third kappa shape index (κ3) is 5.28. The molecule has 0 saturated carbocycles. The SMILES string of the molecule is O=C(c1ccnc(S(=O)(=O)Cc2ccccc2F)n1)N(Cc1ccco1)C1CCS(=O)(=O)C1. The number of carbonyl (C=O) groups excluding carboxylic acids is 1. The topological polar surface area (TPSA) is 128 Å². The first-order chi connectivity index (χ1) is 15.6. The highest BCUT2D eigenvalue weighted by Crippen LogP contribution is 2.23. The second kappa shape index (κ2) is 9.02. The van der Waals surface area contributed by atoms with Gasteiger partial charge in [-0.1, -0.05) is 18.2 Å². The molecule has 0 bridgehead atoms. The molecule has 33 heavy (non-hydrogen) atoms. The molecule has 2 aromatic heterocycles. The highest BCUT2D eigenvalue weighted by Gasteiger charge is 2.36. The number of furan rings is 1. The fourth-order valence-electron chi connectivity index (χ4n) is 3.60. The molecule has 3 heterocycles. The van der Waals surface area contributed by atoms with Gasteiger partial charge < -0.3 is 9.32 Å². The smallest absolute Gasteiger partial charge is 0.273 e. The minimum absolute atomic E-state index is 0.00661. The summed E-state index contributed by atoms with van der Waals surface area (Å²) in [5.41, 5.74) is -0.263. The van der Waals surface area contributed by atoms with E-state index in [1.54, 1.807) is 12.1 Å². The summed E-state index contributed by atoms with van der Waals surface area (Å²) < 4.78 is 68.8. The van der Waals surface area contributed by atoms with Crippen molar-refractivity contribution in [1.82, 2.24) is 14.9 Å². The highest BCUT2D eigenvalue weighted by atomic mass is 32.2. The van der Waals surface area contributed by atoms with Crippen LogP contribution >= 0.6 is 0 Å². The Hall–Kier alpha value is -3.12.